The van der Waals surface area contributed by atoms with Gasteiger partial charge in [0.2, 0.25) is 5.91 Å². The van der Waals surface area contributed by atoms with E-state index in [2.05, 4.69) is 26.1 Å². The highest BCUT2D eigenvalue weighted by molar-refractivity contribution is 9.09. The van der Waals surface area contributed by atoms with Gasteiger partial charge in [-0.1, -0.05) is 15.9 Å². The van der Waals surface area contributed by atoms with Gasteiger partial charge in [-0.2, -0.15) is 10.4 Å². The minimum Gasteiger partial charge on any atom is -0.296 e. The molecule has 1 unspecified atom stereocenters. The average Bonchev–Trinajstić information content (AvgIpc) is 2.82. The van der Waals surface area contributed by atoms with E-state index < -0.39 is 0 Å². The van der Waals surface area contributed by atoms with Crippen LogP contribution in [0.25, 0.3) is 0 Å². The topological polar surface area (TPSA) is 72.8 Å². The van der Waals surface area contributed by atoms with Crippen molar-refractivity contribution in [2.45, 2.75) is 6.42 Å². The Morgan fingerprint density at radius 3 is 3.20 bits per heavy atom. The Kier molecular flexibility index (Phi) is 2.73. The first-order valence-electron chi connectivity index (χ1n) is 4.56. The molecule has 0 saturated carbocycles. The van der Waals surface area contributed by atoms with Gasteiger partial charge in [0.05, 0.1) is 6.20 Å². The zero-order chi connectivity index (χ0) is 10.8. The number of H-pyrrole nitrogens is 1. The van der Waals surface area contributed by atoms with E-state index >= 15 is 0 Å². The normalized spacial score (nSPS) is 20.7. The maximum atomic E-state index is 11.7. The summed E-state index contributed by atoms with van der Waals surface area (Å²) in [5.41, 5.74) is 0.415. The molecule has 0 aliphatic carbocycles. The number of aromatic nitrogens is 2. The maximum absolute atomic E-state index is 11.7. The molecule has 5 nitrogen and oxygen atoms in total. The van der Waals surface area contributed by atoms with Crippen molar-refractivity contribution in [3.05, 3.63) is 11.8 Å². The molecule has 1 atom stereocenters. The first kappa shape index (κ1) is 10.2. The highest BCUT2D eigenvalue weighted by atomic mass is 79.9. The van der Waals surface area contributed by atoms with Crippen molar-refractivity contribution in [2.24, 2.45) is 5.92 Å². The fourth-order valence-electron chi connectivity index (χ4n) is 1.67. The summed E-state index contributed by atoms with van der Waals surface area (Å²) in [4.78, 5) is 13.3. The molecular formula is C9H9BrN4O. The fourth-order valence-corrected chi connectivity index (χ4v) is 2.10. The van der Waals surface area contributed by atoms with Crippen LogP contribution in [0.2, 0.25) is 0 Å². The summed E-state index contributed by atoms with van der Waals surface area (Å²) < 4.78 is 0. The zero-order valence-corrected chi connectivity index (χ0v) is 9.49. The summed E-state index contributed by atoms with van der Waals surface area (Å²) in [5, 5.41) is 16.1. The largest absolute Gasteiger partial charge is 0.296 e. The zero-order valence-electron chi connectivity index (χ0n) is 7.90. The summed E-state index contributed by atoms with van der Waals surface area (Å²) in [6.07, 6.45) is 1.96. The number of anilines is 1. The molecule has 78 valence electrons. The summed E-state index contributed by atoms with van der Waals surface area (Å²) in [6, 6.07) is 2.01. The van der Waals surface area contributed by atoms with E-state index in [0.717, 1.165) is 5.33 Å². The van der Waals surface area contributed by atoms with Gasteiger partial charge in [-0.25, -0.2) is 0 Å². The Morgan fingerprint density at radius 1 is 1.80 bits per heavy atom. The Bertz CT molecular complexity index is 422. The average molecular weight is 269 g/mol. The van der Waals surface area contributed by atoms with Gasteiger partial charge in [0.1, 0.15) is 17.5 Å². The Hall–Kier alpha value is -1.35. The van der Waals surface area contributed by atoms with Crippen molar-refractivity contribution in [2.75, 3.05) is 16.8 Å². The number of aromatic amines is 1. The van der Waals surface area contributed by atoms with Crippen molar-refractivity contribution in [3.8, 4) is 6.07 Å². The lowest BCUT2D eigenvalue weighted by Gasteiger charge is -2.13. The molecular weight excluding hydrogens is 260 g/mol. The van der Waals surface area contributed by atoms with Crippen molar-refractivity contribution in [1.29, 1.82) is 5.26 Å². The Balaban J connectivity index is 2.26. The van der Waals surface area contributed by atoms with Gasteiger partial charge >= 0.3 is 0 Å². The number of hydrogen-bond acceptors (Lipinski definition) is 3. The first-order valence-corrected chi connectivity index (χ1v) is 5.68. The number of carbonyl (C=O) groups excluding carboxylic acids is 1. The predicted octanol–water partition coefficient (Wildman–Crippen LogP) is 1.03. The quantitative estimate of drug-likeness (QED) is 0.815. The number of nitriles is 1. The van der Waals surface area contributed by atoms with Gasteiger partial charge in [0.15, 0.2) is 0 Å². The van der Waals surface area contributed by atoms with E-state index in [1.807, 2.05) is 6.07 Å². The predicted molar refractivity (Wildman–Crippen MR) is 57.6 cm³/mol. The third kappa shape index (κ3) is 1.75. The van der Waals surface area contributed by atoms with E-state index in [9.17, 15) is 4.79 Å². The number of halogens is 1. The van der Waals surface area contributed by atoms with Gasteiger partial charge in [-0.3, -0.25) is 14.8 Å². The molecule has 0 aromatic carbocycles. The molecule has 1 amide bonds. The number of hydrogen-bond donors (Lipinski definition) is 1. The van der Waals surface area contributed by atoms with Crippen LogP contribution < -0.4 is 4.90 Å². The molecule has 6 heteroatoms. The van der Waals surface area contributed by atoms with Gasteiger partial charge < -0.3 is 0 Å². The van der Waals surface area contributed by atoms with Crippen LogP contribution in [0.1, 0.15) is 12.0 Å². The number of nitrogens with one attached hydrogen (secondary N) is 1. The lowest BCUT2D eigenvalue weighted by atomic mass is 10.2. The summed E-state index contributed by atoms with van der Waals surface area (Å²) in [6.45, 7) is 0.640. The second-order valence-electron chi connectivity index (χ2n) is 3.47. The second-order valence-corrected chi connectivity index (χ2v) is 4.12. The molecule has 2 rings (SSSR count). The van der Waals surface area contributed by atoms with Crippen molar-refractivity contribution in [3.63, 3.8) is 0 Å². The molecule has 0 radical (unpaired) electrons. The molecule has 0 bridgehead atoms. The molecule has 1 aliphatic heterocycles. The monoisotopic (exact) mass is 268 g/mol. The van der Waals surface area contributed by atoms with E-state index in [1.165, 1.54) is 6.20 Å². The second kappa shape index (κ2) is 4.03. The van der Waals surface area contributed by atoms with Crippen LogP contribution in [0.4, 0.5) is 5.82 Å². The van der Waals surface area contributed by atoms with E-state index in [1.54, 1.807) is 4.90 Å². The number of carbonyl (C=O) groups is 1. The lowest BCUT2D eigenvalue weighted by molar-refractivity contribution is -0.117. The minimum atomic E-state index is 0.0419. The van der Waals surface area contributed by atoms with Crippen LogP contribution in [0.15, 0.2) is 6.20 Å². The lowest BCUT2D eigenvalue weighted by Crippen LogP contribution is -2.25. The van der Waals surface area contributed by atoms with Crippen LogP contribution in [0, 0.1) is 17.2 Å². The van der Waals surface area contributed by atoms with Crippen LogP contribution in [-0.4, -0.2) is 28.0 Å². The van der Waals surface area contributed by atoms with E-state index in [4.69, 9.17) is 5.26 Å². The fraction of sp³-hybridized carbons (Fsp3) is 0.444. The van der Waals surface area contributed by atoms with Crippen LogP contribution in [0.5, 0.6) is 0 Å². The number of alkyl halides is 1. The SMILES string of the molecule is N#Cc1cn[nH]c1N1CC(CBr)CC1=O. The molecule has 2 heterocycles. The highest BCUT2D eigenvalue weighted by Gasteiger charge is 2.31. The van der Waals surface area contributed by atoms with Crippen molar-refractivity contribution in [1.82, 2.24) is 10.2 Å². The van der Waals surface area contributed by atoms with Gasteiger partial charge in [-0.05, 0) is 5.92 Å². The Labute approximate surface area is 95.2 Å². The smallest absolute Gasteiger partial charge is 0.228 e. The molecule has 0 spiro atoms. The Morgan fingerprint density at radius 2 is 2.60 bits per heavy atom. The van der Waals surface area contributed by atoms with E-state index in [-0.39, 0.29) is 5.91 Å². The molecule has 1 fully saturated rings. The van der Waals surface area contributed by atoms with Gasteiger partial charge in [0.25, 0.3) is 0 Å². The van der Waals surface area contributed by atoms with Crippen molar-refractivity contribution < 1.29 is 4.79 Å². The van der Waals surface area contributed by atoms with Crippen LogP contribution in [0.3, 0.4) is 0 Å². The van der Waals surface area contributed by atoms with Crippen LogP contribution in [-0.2, 0) is 4.79 Å². The van der Waals surface area contributed by atoms with E-state index in [0.29, 0.717) is 30.3 Å². The third-order valence-corrected chi connectivity index (χ3v) is 3.35. The number of amides is 1. The molecule has 1 aliphatic rings. The van der Waals surface area contributed by atoms with Gasteiger partial charge in [0, 0.05) is 18.3 Å². The highest BCUT2D eigenvalue weighted by Crippen LogP contribution is 2.26. The number of rotatable bonds is 2. The minimum absolute atomic E-state index is 0.0419. The molecule has 1 aromatic rings. The van der Waals surface area contributed by atoms with Crippen LogP contribution >= 0.6 is 15.9 Å². The molecule has 15 heavy (non-hydrogen) atoms. The maximum Gasteiger partial charge on any atom is 0.228 e. The summed E-state index contributed by atoms with van der Waals surface area (Å²) in [5.74, 6) is 0.874. The number of nitrogens with zero attached hydrogens (tertiary/aromatic N) is 3. The summed E-state index contributed by atoms with van der Waals surface area (Å²) >= 11 is 3.36. The molecule has 1 saturated heterocycles. The standard InChI is InChI=1S/C9H9BrN4O/c10-2-6-1-8(15)14(5-6)9-7(3-11)4-12-13-9/h4,6H,1-2,5H2,(H,12,13). The van der Waals surface area contributed by atoms with Crippen molar-refractivity contribution >= 4 is 27.7 Å². The first-order chi connectivity index (χ1) is 7.26. The molecule has 1 N–H and O–H groups in total. The molecule has 1 aromatic heterocycles. The third-order valence-electron chi connectivity index (χ3n) is 2.43. The summed E-state index contributed by atoms with van der Waals surface area (Å²) in [7, 11) is 0. The van der Waals surface area contributed by atoms with Gasteiger partial charge in [-0.15, -0.1) is 0 Å².